The molecule has 1 aliphatic rings. The third kappa shape index (κ3) is 4.15. The summed E-state index contributed by atoms with van der Waals surface area (Å²) in [6.45, 7) is 3.68. The van der Waals surface area contributed by atoms with Crippen LogP contribution >= 0.6 is 0 Å². The fourth-order valence-electron chi connectivity index (χ4n) is 3.01. The van der Waals surface area contributed by atoms with E-state index in [-0.39, 0.29) is 0 Å². The van der Waals surface area contributed by atoms with Gasteiger partial charge in [-0.1, -0.05) is 12.1 Å². The molecule has 1 amide bonds. The van der Waals surface area contributed by atoms with E-state index in [1.807, 2.05) is 18.2 Å². The average molecular weight is 340 g/mol. The first-order chi connectivity index (χ1) is 12.0. The van der Waals surface area contributed by atoms with E-state index >= 15 is 0 Å². The van der Waals surface area contributed by atoms with Crippen LogP contribution in [0.5, 0.6) is 5.75 Å². The van der Waals surface area contributed by atoms with E-state index in [0.717, 1.165) is 30.9 Å². The predicted octanol–water partition coefficient (Wildman–Crippen LogP) is 1.47. The van der Waals surface area contributed by atoms with E-state index in [1.54, 1.807) is 24.4 Å². The second-order valence-electron chi connectivity index (χ2n) is 6.50. The third-order valence-corrected chi connectivity index (χ3v) is 4.60. The number of nitrogens with two attached hydrogens (primary N) is 1. The maximum atomic E-state index is 11.4. The highest BCUT2D eigenvalue weighted by Gasteiger charge is 2.23. The summed E-state index contributed by atoms with van der Waals surface area (Å²) in [6.07, 6.45) is 1.72. The summed E-state index contributed by atoms with van der Waals surface area (Å²) in [6, 6.07) is 11.3. The fraction of sp³-hybridized carbons (Fsp3) is 0.368. The van der Waals surface area contributed by atoms with Crippen LogP contribution in [0.2, 0.25) is 0 Å². The van der Waals surface area contributed by atoms with E-state index in [1.165, 1.54) is 0 Å². The van der Waals surface area contributed by atoms with Crippen LogP contribution in [0.4, 0.5) is 0 Å². The Morgan fingerprint density at radius 3 is 2.92 bits per heavy atom. The second kappa shape index (κ2) is 7.63. The minimum Gasteiger partial charge on any atom is -0.490 e. The van der Waals surface area contributed by atoms with E-state index in [0.29, 0.717) is 24.0 Å². The van der Waals surface area contributed by atoms with Crippen LogP contribution in [-0.4, -0.2) is 67.1 Å². The van der Waals surface area contributed by atoms with Crippen molar-refractivity contribution in [2.45, 2.75) is 6.04 Å². The van der Waals surface area contributed by atoms with Crippen molar-refractivity contribution < 1.29 is 9.53 Å². The van der Waals surface area contributed by atoms with Crippen molar-refractivity contribution in [3.05, 3.63) is 48.2 Å². The minimum absolute atomic E-state index is 0.337. The number of ether oxygens (including phenoxy) is 1. The molecular weight excluding hydrogens is 316 g/mol. The van der Waals surface area contributed by atoms with Crippen molar-refractivity contribution in [1.82, 2.24) is 14.8 Å². The number of pyridine rings is 1. The minimum atomic E-state index is -0.452. The van der Waals surface area contributed by atoms with Gasteiger partial charge in [0.1, 0.15) is 18.1 Å². The summed E-state index contributed by atoms with van der Waals surface area (Å²) in [7, 11) is 4.26. The van der Waals surface area contributed by atoms with Gasteiger partial charge in [0.25, 0.3) is 0 Å². The number of rotatable bonds is 5. The lowest BCUT2D eigenvalue weighted by Gasteiger charge is -2.37. The van der Waals surface area contributed by atoms with Crippen molar-refractivity contribution in [3.63, 3.8) is 0 Å². The van der Waals surface area contributed by atoms with Gasteiger partial charge in [0.2, 0.25) is 5.91 Å². The zero-order valence-corrected chi connectivity index (χ0v) is 14.7. The van der Waals surface area contributed by atoms with Crippen LogP contribution in [0, 0.1) is 0 Å². The molecular formula is C19H24N4O2. The first kappa shape index (κ1) is 17.4. The Morgan fingerprint density at radius 2 is 2.12 bits per heavy atom. The zero-order valence-electron chi connectivity index (χ0n) is 14.7. The van der Waals surface area contributed by atoms with Crippen molar-refractivity contribution in [2.75, 3.05) is 40.3 Å². The lowest BCUT2D eigenvalue weighted by atomic mass is 10.1. The van der Waals surface area contributed by atoms with Gasteiger partial charge in [-0.15, -0.1) is 0 Å². The molecule has 1 unspecified atom stereocenters. The standard InChI is InChI=1S/C19H24N4O2/c1-22-9-10-23(2)16(12-22)13-25-17-7-4-8-21-18(17)14-5-3-6-15(11-14)19(20)24/h3-8,11,16H,9-10,12-13H2,1-2H3,(H2,20,24). The Morgan fingerprint density at radius 1 is 1.28 bits per heavy atom. The lowest BCUT2D eigenvalue weighted by Crippen LogP contribution is -2.52. The molecule has 2 N–H and O–H groups in total. The van der Waals surface area contributed by atoms with E-state index < -0.39 is 5.91 Å². The highest BCUT2D eigenvalue weighted by atomic mass is 16.5. The molecule has 0 saturated carbocycles. The van der Waals surface area contributed by atoms with Gasteiger partial charge >= 0.3 is 0 Å². The highest BCUT2D eigenvalue weighted by Crippen LogP contribution is 2.28. The van der Waals surface area contributed by atoms with E-state index in [4.69, 9.17) is 10.5 Å². The number of carbonyl (C=O) groups excluding carboxylic acids is 1. The van der Waals surface area contributed by atoms with Gasteiger partial charge in [0.15, 0.2) is 0 Å². The molecule has 6 heteroatoms. The van der Waals surface area contributed by atoms with Gasteiger partial charge < -0.3 is 15.4 Å². The van der Waals surface area contributed by atoms with Crippen LogP contribution in [0.25, 0.3) is 11.3 Å². The molecule has 1 aromatic heterocycles. The quantitative estimate of drug-likeness (QED) is 0.892. The highest BCUT2D eigenvalue weighted by molar-refractivity contribution is 5.94. The number of likely N-dealkylation sites (N-methyl/N-ethyl adjacent to an activating group) is 2. The molecule has 25 heavy (non-hydrogen) atoms. The molecule has 2 heterocycles. The molecule has 132 valence electrons. The van der Waals surface area contributed by atoms with Gasteiger partial charge in [0.05, 0.1) is 6.04 Å². The maximum absolute atomic E-state index is 11.4. The molecule has 1 saturated heterocycles. The normalized spacial score (nSPS) is 18.9. The molecule has 3 rings (SSSR count). The van der Waals surface area contributed by atoms with Gasteiger partial charge in [-0.3, -0.25) is 14.7 Å². The fourth-order valence-corrected chi connectivity index (χ4v) is 3.01. The summed E-state index contributed by atoms with van der Waals surface area (Å²) in [5.74, 6) is 0.262. The molecule has 0 bridgehead atoms. The summed E-state index contributed by atoms with van der Waals surface area (Å²) in [5, 5.41) is 0. The van der Waals surface area contributed by atoms with Crippen LogP contribution in [0.3, 0.4) is 0 Å². The molecule has 1 atom stereocenters. The van der Waals surface area contributed by atoms with Crippen molar-refractivity contribution >= 4 is 5.91 Å². The SMILES string of the molecule is CN1CCN(C)C(COc2cccnc2-c2cccc(C(N)=O)c2)C1. The Labute approximate surface area is 148 Å². The number of nitrogens with zero attached hydrogens (tertiary/aromatic N) is 3. The van der Waals surface area contributed by atoms with Crippen LogP contribution in [0.1, 0.15) is 10.4 Å². The smallest absolute Gasteiger partial charge is 0.248 e. The number of hydrogen-bond acceptors (Lipinski definition) is 5. The summed E-state index contributed by atoms with van der Waals surface area (Å²) < 4.78 is 6.10. The lowest BCUT2D eigenvalue weighted by molar-refractivity contribution is 0.0782. The summed E-state index contributed by atoms with van der Waals surface area (Å²) in [5.41, 5.74) is 7.38. The number of benzene rings is 1. The molecule has 6 nitrogen and oxygen atoms in total. The topological polar surface area (TPSA) is 71.7 Å². The van der Waals surface area contributed by atoms with Gasteiger partial charge in [-0.05, 0) is 38.4 Å². The molecule has 1 aromatic carbocycles. The Kier molecular flexibility index (Phi) is 5.31. The first-order valence-corrected chi connectivity index (χ1v) is 8.41. The van der Waals surface area contributed by atoms with Gasteiger partial charge in [-0.2, -0.15) is 0 Å². The Balaban J connectivity index is 1.79. The molecule has 2 aromatic rings. The second-order valence-corrected chi connectivity index (χ2v) is 6.50. The molecule has 0 spiro atoms. The third-order valence-electron chi connectivity index (χ3n) is 4.60. The van der Waals surface area contributed by atoms with Crippen LogP contribution in [0.15, 0.2) is 42.6 Å². The Hall–Kier alpha value is -2.44. The first-order valence-electron chi connectivity index (χ1n) is 8.41. The van der Waals surface area contributed by atoms with Crippen molar-refractivity contribution in [2.24, 2.45) is 5.73 Å². The van der Waals surface area contributed by atoms with E-state index in [9.17, 15) is 4.79 Å². The average Bonchev–Trinajstić information content (AvgIpc) is 2.63. The summed E-state index contributed by atoms with van der Waals surface area (Å²) in [4.78, 5) is 20.5. The van der Waals surface area contributed by atoms with E-state index in [2.05, 4.69) is 28.9 Å². The van der Waals surface area contributed by atoms with Gasteiger partial charge in [-0.25, -0.2) is 0 Å². The largest absolute Gasteiger partial charge is 0.490 e. The number of amides is 1. The van der Waals surface area contributed by atoms with Crippen molar-refractivity contribution in [3.8, 4) is 17.0 Å². The van der Waals surface area contributed by atoms with Crippen molar-refractivity contribution in [1.29, 1.82) is 0 Å². The number of hydrogen-bond donors (Lipinski definition) is 1. The van der Waals surface area contributed by atoms with Crippen LogP contribution < -0.4 is 10.5 Å². The molecule has 0 aliphatic carbocycles. The summed E-state index contributed by atoms with van der Waals surface area (Å²) >= 11 is 0. The molecule has 1 fully saturated rings. The monoisotopic (exact) mass is 340 g/mol. The Bertz CT molecular complexity index is 750. The zero-order chi connectivity index (χ0) is 17.8. The van der Waals surface area contributed by atoms with Gasteiger partial charge in [0, 0.05) is 37.0 Å². The molecule has 1 aliphatic heterocycles. The predicted molar refractivity (Wildman–Crippen MR) is 97.6 cm³/mol. The molecule has 0 radical (unpaired) electrons. The number of aromatic nitrogens is 1. The van der Waals surface area contributed by atoms with Crippen LogP contribution in [-0.2, 0) is 0 Å². The number of piperazine rings is 1. The maximum Gasteiger partial charge on any atom is 0.248 e. The number of primary amides is 1. The number of carbonyl (C=O) groups is 1.